The highest BCUT2D eigenvalue weighted by atomic mass is 32.2. The summed E-state index contributed by atoms with van der Waals surface area (Å²) in [5.41, 5.74) is 1.80. The summed E-state index contributed by atoms with van der Waals surface area (Å²) in [6.07, 6.45) is 8.46. The number of carbonyl (C=O) groups is 2. The molecule has 0 aliphatic carbocycles. The van der Waals surface area contributed by atoms with Gasteiger partial charge in [-0.15, -0.1) is 0 Å². The third-order valence-electron chi connectivity index (χ3n) is 3.33. The van der Waals surface area contributed by atoms with Gasteiger partial charge in [0.05, 0.1) is 11.3 Å². The number of hydrogen-bond acceptors (Lipinski definition) is 4. The molecule has 0 aliphatic rings. The topological polar surface area (TPSA) is 116 Å². The molecule has 0 saturated heterocycles. The van der Waals surface area contributed by atoms with Gasteiger partial charge in [-0.25, -0.2) is 13.2 Å². The maximum atomic E-state index is 12.2. The van der Waals surface area contributed by atoms with Crippen molar-refractivity contribution in [2.75, 3.05) is 12.0 Å². The van der Waals surface area contributed by atoms with Crippen molar-refractivity contribution in [1.29, 1.82) is 0 Å². The van der Waals surface area contributed by atoms with Gasteiger partial charge in [0, 0.05) is 23.2 Å². The molecule has 0 atom stereocenters. The molecule has 136 valence electrons. The van der Waals surface area contributed by atoms with E-state index in [1.807, 2.05) is 0 Å². The summed E-state index contributed by atoms with van der Waals surface area (Å²) >= 11 is 0. The second kappa shape index (κ2) is 8.48. The van der Waals surface area contributed by atoms with Gasteiger partial charge in [0.15, 0.2) is 9.84 Å². The van der Waals surface area contributed by atoms with Crippen LogP contribution >= 0.6 is 0 Å². The van der Waals surface area contributed by atoms with Gasteiger partial charge >= 0.3 is 5.97 Å². The summed E-state index contributed by atoms with van der Waals surface area (Å²) in [6, 6.07) is 0. The first-order valence-electron chi connectivity index (χ1n) is 7.47. The van der Waals surface area contributed by atoms with Crippen LogP contribution < -0.4 is 5.32 Å². The molecule has 0 radical (unpaired) electrons. The van der Waals surface area contributed by atoms with Crippen molar-refractivity contribution in [3.63, 3.8) is 0 Å². The summed E-state index contributed by atoms with van der Waals surface area (Å²) in [7, 11) is -3.20. The highest BCUT2D eigenvalue weighted by Gasteiger charge is 2.17. The van der Waals surface area contributed by atoms with Crippen molar-refractivity contribution in [3.8, 4) is 0 Å². The lowest BCUT2D eigenvalue weighted by molar-refractivity contribution is -0.116. The van der Waals surface area contributed by atoms with Gasteiger partial charge < -0.3 is 15.4 Å². The smallest absolute Gasteiger partial charge is 0.337 e. The normalized spacial score (nSPS) is 12.9. The minimum atomic E-state index is -3.20. The van der Waals surface area contributed by atoms with Crippen LogP contribution in [0.5, 0.6) is 0 Å². The van der Waals surface area contributed by atoms with Crippen molar-refractivity contribution < 1.29 is 23.1 Å². The van der Waals surface area contributed by atoms with Gasteiger partial charge in [0.1, 0.15) is 0 Å². The van der Waals surface area contributed by atoms with Crippen molar-refractivity contribution in [2.45, 2.75) is 20.8 Å². The molecule has 1 heterocycles. The fourth-order valence-corrected chi connectivity index (χ4v) is 2.62. The van der Waals surface area contributed by atoms with E-state index in [9.17, 15) is 23.1 Å². The summed E-state index contributed by atoms with van der Waals surface area (Å²) in [6.45, 7) is 5.01. The van der Waals surface area contributed by atoms with Crippen LogP contribution in [-0.4, -0.2) is 42.4 Å². The average Bonchev–Trinajstić information content (AvgIpc) is 2.76. The quantitative estimate of drug-likeness (QED) is 0.504. The Hall–Kier alpha value is -2.61. The van der Waals surface area contributed by atoms with E-state index in [0.29, 0.717) is 17.0 Å². The Morgan fingerprint density at radius 3 is 2.40 bits per heavy atom. The third-order valence-corrected chi connectivity index (χ3v) is 4.13. The number of carbonyl (C=O) groups excluding carboxylic acids is 1. The van der Waals surface area contributed by atoms with Gasteiger partial charge in [-0.05, 0) is 38.6 Å². The number of carboxylic acid groups (broad SMARTS) is 1. The number of rotatable bonds is 7. The van der Waals surface area contributed by atoms with Crippen molar-refractivity contribution >= 4 is 27.8 Å². The lowest BCUT2D eigenvalue weighted by Gasteiger charge is -2.02. The van der Waals surface area contributed by atoms with Crippen LogP contribution in [-0.2, 0) is 14.6 Å². The first kappa shape index (κ1) is 20.4. The SMILES string of the molecule is C/C=C/NC(=O)C(=C\c1[nH]c(C)c(C(=O)O)c1C)/C=C/CS(C)(=O)=O. The minimum Gasteiger partial charge on any atom is -0.478 e. The molecule has 0 fully saturated rings. The van der Waals surface area contributed by atoms with Gasteiger partial charge in [0.25, 0.3) is 5.91 Å². The van der Waals surface area contributed by atoms with E-state index in [1.54, 1.807) is 26.8 Å². The largest absolute Gasteiger partial charge is 0.478 e. The average molecular weight is 366 g/mol. The molecule has 0 aromatic carbocycles. The Kier molecular flexibility index (Phi) is 6.93. The molecule has 7 nitrogen and oxygen atoms in total. The molecule has 0 unspecified atom stereocenters. The van der Waals surface area contributed by atoms with E-state index in [2.05, 4.69) is 10.3 Å². The molecule has 8 heteroatoms. The standard InChI is InChI=1S/C17H22N2O5S/c1-5-8-18-16(20)13(7-6-9-25(4,23)24)10-14-11(2)15(17(21)22)12(3)19-14/h5-8,10,19H,9H2,1-4H3,(H,18,20)(H,21,22)/b7-6+,8-5+,13-10-. The molecule has 1 rings (SSSR count). The Morgan fingerprint density at radius 2 is 1.92 bits per heavy atom. The molecule has 25 heavy (non-hydrogen) atoms. The first-order chi connectivity index (χ1) is 11.6. The third kappa shape index (κ3) is 6.07. The maximum Gasteiger partial charge on any atom is 0.337 e. The Morgan fingerprint density at radius 1 is 1.28 bits per heavy atom. The van der Waals surface area contributed by atoms with E-state index in [0.717, 1.165) is 6.26 Å². The Bertz CT molecular complexity index is 858. The van der Waals surface area contributed by atoms with E-state index in [-0.39, 0.29) is 16.9 Å². The molecule has 0 bridgehead atoms. The lowest BCUT2D eigenvalue weighted by Crippen LogP contribution is -2.18. The number of H-pyrrole nitrogens is 1. The van der Waals surface area contributed by atoms with E-state index in [4.69, 9.17) is 0 Å². The second-order valence-corrected chi connectivity index (χ2v) is 7.72. The second-order valence-electron chi connectivity index (χ2n) is 5.54. The van der Waals surface area contributed by atoms with Crippen LogP contribution in [0.15, 0.2) is 30.0 Å². The Labute approximate surface area is 147 Å². The molecule has 1 aromatic heterocycles. The molecule has 0 aliphatic heterocycles. The molecule has 0 saturated carbocycles. The summed E-state index contributed by atoms with van der Waals surface area (Å²) in [4.78, 5) is 26.5. The van der Waals surface area contributed by atoms with Gasteiger partial charge in [0.2, 0.25) is 0 Å². The van der Waals surface area contributed by atoms with Gasteiger partial charge in [-0.2, -0.15) is 0 Å². The number of sulfone groups is 1. The van der Waals surface area contributed by atoms with Crippen LogP contribution in [0.1, 0.15) is 34.2 Å². The zero-order chi connectivity index (χ0) is 19.2. The zero-order valence-electron chi connectivity index (χ0n) is 14.6. The van der Waals surface area contributed by atoms with E-state index < -0.39 is 21.7 Å². The molecule has 1 aromatic rings. The number of hydrogen-bond donors (Lipinski definition) is 3. The number of aromatic nitrogens is 1. The van der Waals surface area contributed by atoms with Crippen LogP contribution in [0.25, 0.3) is 6.08 Å². The first-order valence-corrected chi connectivity index (χ1v) is 9.53. The van der Waals surface area contributed by atoms with Crippen LogP contribution in [0, 0.1) is 13.8 Å². The molecular formula is C17H22N2O5S. The predicted octanol–water partition coefficient (Wildman–Crippen LogP) is 1.96. The predicted molar refractivity (Wildman–Crippen MR) is 97.0 cm³/mol. The van der Waals surface area contributed by atoms with Gasteiger partial charge in [-0.3, -0.25) is 4.79 Å². The number of aromatic amines is 1. The summed E-state index contributed by atoms with van der Waals surface area (Å²) in [5, 5.41) is 11.8. The molecule has 1 amide bonds. The van der Waals surface area contributed by atoms with Crippen LogP contribution in [0.2, 0.25) is 0 Å². The maximum absolute atomic E-state index is 12.2. The Balaban J connectivity index is 3.31. The number of aryl methyl sites for hydroxylation is 1. The van der Waals surface area contributed by atoms with E-state index >= 15 is 0 Å². The van der Waals surface area contributed by atoms with Crippen molar-refractivity contribution in [3.05, 3.63) is 52.5 Å². The number of aromatic carboxylic acids is 1. The molecule has 3 N–H and O–H groups in total. The fourth-order valence-electron chi connectivity index (χ4n) is 2.18. The monoisotopic (exact) mass is 366 g/mol. The van der Waals surface area contributed by atoms with Crippen molar-refractivity contribution in [1.82, 2.24) is 10.3 Å². The molecular weight excluding hydrogens is 344 g/mol. The minimum absolute atomic E-state index is 0.152. The lowest BCUT2D eigenvalue weighted by atomic mass is 10.1. The summed E-state index contributed by atoms with van der Waals surface area (Å²) < 4.78 is 22.5. The van der Waals surface area contributed by atoms with Crippen LogP contribution in [0.3, 0.4) is 0 Å². The highest BCUT2D eigenvalue weighted by Crippen LogP contribution is 2.20. The summed E-state index contributed by atoms with van der Waals surface area (Å²) in [5.74, 6) is -1.70. The van der Waals surface area contributed by atoms with Crippen molar-refractivity contribution in [2.24, 2.45) is 0 Å². The number of nitrogens with one attached hydrogen (secondary N) is 2. The van der Waals surface area contributed by atoms with Gasteiger partial charge in [-0.1, -0.05) is 18.2 Å². The fraction of sp³-hybridized carbons (Fsp3) is 0.294. The molecule has 0 spiro atoms. The van der Waals surface area contributed by atoms with Crippen LogP contribution in [0.4, 0.5) is 0 Å². The number of carboxylic acids is 1. The highest BCUT2D eigenvalue weighted by molar-refractivity contribution is 7.90. The number of allylic oxidation sites excluding steroid dienone is 1. The van der Waals surface area contributed by atoms with E-state index in [1.165, 1.54) is 24.4 Å². The zero-order valence-corrected chi connectivity index (χ0v) is 15.4. The number of amides is 1.